The largest absolute Gasteiger partial charge is 0.451 e. The third kappa shape index (κ3) is 5.51. The van der Waals surface area contributed by atoms with E-state index in [9.17, 15) is 9.59 Å². The van der Waals surface area contributed by atoms with Crippen LogP contribution in [0.25, 0.3) is 0 Å². The Balaban J connectivity index is 1.63. The fraction of sp³-hybridized carbons (Fsp3) is 0.136. The molecule has 0 fully saturated rings. The normalized spacial score (nSPS) is 11.4. The van der Waals surface area contributed by atoms with Gasteiger partial charge in [-0.2, -0.15) is 0 Å². The minimum Gasteiger partial charge on any atom is -0.451 e. The number of esters is 1. The van der Waals surface area contributed by atoms with E-state index in [0.717, 1.165) is 11.1 Å². The van der Waals surface area contributed by atoms with Crippen LogP contribution >= 0.6 is 0 Å². The molecule has 1 unspecified atom stereocenters. The van der Waals surface area contributed by atoms with E-state index in [-0.39, 0.29) is 24.2 Å². The molecular weight excluding hydrogens is 340 g/mol. The Morgan fingerprint density at radius 1 is 0.889 bits per heavy atom. The fourth-order valence-electron chi connectivity index (χ4n) is 2.71. The zero-order chi connectivity index (χ0) is 18.9. The molecule has 0 spiro atoms. The van der Waals surface area contributed by atoms with Crippen LogP contribution in [0.2, 0.25) is 0 Å². The van der Waals surface area contributed by atoms with Crippen LogP contribution in [0.5, 0.6) is 0 Å². The average Bonchev–Trinajstić information content (AvgIpc) is 2.73. The number of nitrogens with one attached hydrogen (secondary N) is 1. The molecule has 2 aromatic carbocycles. The maximum absolute atomic E-state index is 12.3. The van der Waals surface area contributed by atoms with E-state index >= 15 is 0 Å². The predicted molar refractivity (Wildman–Crippen MR) is 102 cm³/mol. The van der Waals surface area contributed by atoms with Crippen molar-refractivity contribution in [3.05, 3.63) is 102 Å². The van der Waals surface area contributed by atoms with Crippen LogP contribution in [0.1, 0.15) is 27.7 Å². The van der Waals surface area contributed by atoms with Gasteiger partial charge in [-0.1, -0.05) is 66.7 Å². The molecule has 1 heterocycles. The maximum atomic E-state index is 12.3. The van der Waals surface area contributed by atoms with Crippen LogP contribution in [-0.4, -0.2) is 23.5 Å². The van der Waals surface area contributed by atoms with Crippen molar-refractivity contribution in [2.24, 2.45) is 0 Å². The molecular formula is C22H20N2O3. The number of nitrogens with zero attached hydrogens (tertiary/aromatic N) is 1. The molecule has 5 nitrogen and oxygen atoms in total. The number of rotatable bonds is 7. The third-order valence-corrected chi connectivity index (χ3v) is 4.03. The van der Waals surface area contributed by atoms with E-state index in [1.54, 1.807) is 18.2 Å². The van der Waals surface area contributed by atoms with Gasteiger partial charge >= 0.3 is 5.97 Å². The second-order valence-electron chi connectivity index (χ2n) is 6.01. The number of pyridine rings is 1. The summed E-state index contributed by atoms with van der Waals surface area (Å²) in [6.07, 6.45) is 2.15. The molecule has 1 amide bonds. The molecule has 3 rings (SSSR count). The van der Waals surface area contributed by atoms with Gasteiger partial charge in [-0.05, 0) is 29.7 Å². The second kappa shape index (κ2) is 9.29. The van der Waals surface area contributed by atoms with Gasteiger partial charge in [0.2, 0.25) is 0 Å². The molecule has 1 aromatic heterocycles. The molecule has 136 valence electrons. The quantitative estimate of drug-likeness (QED) is 0.656. The molecule has 1 atom stereocenters. The monoisotopic (exact) mass is 360 g/mol. The van der Waals surface area contributed by atoms with Crippen molar-refractivity contribution in [3.63, 3.8) is 0 Å². The van der Waals surface area contributed by atoms with E-state index in [1.165, 1.54) is 6.20 Å². The van der Waals surface area contributed by atoms with Gasteiger partial charge in [-0.25, -0.2) is 9.78 Å². The van der Waals surface area contributed by atoms with Crippen LogP contribution in [0.4, 0.5) is 0 Å². The lowest BCUT2D eigenvalue weighted by atomic mass is 9.99. The lowest BCUT2D eigenvalue weighted by Gasteiger charge is -2.19. The Labute approximate surface area is 158 Å². The van der Waals surface area contributed by atoms with Crippen molar-refractivity contribution in [2.75, 3.05) is 6.61 Å². The van der Waals surface area contributed by atoms with Crippen LogP contribution in [0, 0.1) is 0 Å². The maximum Gasteiger partial charge on any atom is 0.357 e. The van der Waals surface area contributed by atoms with Crippen LogP contribution < -0.4 is 5.32 Å². The Bertz CT molecular complexity index is 868. The van der Waals surface area contributed by atoms with E-state index < -0.39 is 5.97 Å². The highest BCUT2D eigenvalue weighted by atomic mass is 16.5. The van der Waals surface area contributed by atoms with Crippen molar-refractivity contribution >= 4 is 11.9 Å². The van der Waals surface area contributed by atoms with Gasteiger partial charge in [0.1, 0.15) is 5.69 Å². The average molecular weight is 360 g/mol. The highest BCUT2D eigenvalue weighted by Gasteiger charge is 2.17. The van der Waals surface area contributed by atoms with E-state index in [2.05, 4.69) is 10.3 Å². The van der Waals surface area contributed by atoms with Gasteiger partial charge in [0.15, 0.2) is 6.61 Å². The standard InChI is InChI=1S/C22H20N2O3/c25-21(16-27-22(26)19-13-7-8-14-23-19)24-20(18-11-5-2-6-12-18)15-17-9-3-1-4-10-17/h1-14,20H,15-16H2,(H,24,25). The molecule has 0 aliphatic carbocycles. The number of amides is 1. The van der Waals surface area contributed by atoms with E-state index in [0.29, 0.717) is 6.42 Å². The lowest BCUT2D eigenvalue weighted by Crippen LogP contribution is -2.33. The molecule has 0 saturated carbocycles. The van der Waals surface area contributed by atoms with Gasteiger partial charge in [0.25, 0.3) is 5.91 Å². The molecule has 0 aliphatic heterocycles. The summed E-state index contributed by atoms with van der Waals surface area (Å²) in [6, 6.07) is 24.4. The zero-order valence-corrected chi connectivity index (χ0v) is 14.7. The molecule has 0 saturated heterocycles. The number of aromatic nitrogens is 1. The first-order valence-electron chi connectivity index (χ1n) is 8.69. The van der Waals surface area contributed by atoms with E-state index in [4.69, 9.17) is 4.74 Å². The second-order valence-corrected chi connectivity index (χ2v) is 6.01. The predicted octanol–water partition coefficient (Wildman–Crippen LogP) is 3.34. The summed E-state index contributed by atoms with van der Waals surface area (Å²) in [4.78, 5) is 28.2. The Kier molecular flexibility index (Phi) is 6.30. The molecule has 1 N–H and O–H groups in total. The van der Waals surface area contributed by atoms with Gasteiger partial charge in [0.05, 0.1) is 6.04 Å². The number of ether oxygens (including phenoxy) is 1. The smallest absolute Gasteiger partial charge is 0.357 e. The summed E-state index contributed by atoms with van der Waals surface area (Å²) < 4.78 is 5.06. The number of hydrogen-bond donors (Lipinski definition) is 1. The first-order chi connectivity index (χ1) is 13.2. The Morgan fingerprint density at radius 3 is 2.22 bits per heavy atom. The first-order valence-corrected chi connectivity index (χ1v) is 8.69. The first kappa shape index (κ1) is 18.3. The summed E-state index contributed by atoms with van der Waals surface area (Å²) in [5.41, 5.74) is 2.28. The van der Waals surface area contributed by atoms with Crippen LogP contribution in [0.15, 0.2) is 85.1 Å². The van der Waals surface area contributed by atoms with Gasteiger partial charge in [-0.15, -0.1) is 0 Å². The summed E-state index contributed by atoms with van der Waals surface area (Å²) in [5, 5.41) is 2.95. The van der Waals surface area contributed by atoms with Crippen molar-refractivity contribution < 1.29 is 14.3 Å². The third-order valence-electron chi connectivity index (χ3n) is 4.03. The number of hydrogen-bond acceptors (Lipinski definition) is 4. The molecule has 0 bridgehead atoms. The minimum atomic E-state index is -0.620. The summed E-state index contributed by atoms with van der Waals surface area (Å²) in [7, 11) is 0. The number of carbonyl (C=O) groups is 2. The highest BCUT2D eigenvalue weighted by molar-refractivity contribution is 5.89. The van der Waals surface area contributed by atoms with Crippen molar-refractivity contribution in [1.82, 2.24) is 10.3 Å². The lowest BCUT2D eigenvalue weighted by molar-refractivity contribution is -0.125. The van der Waals surface area contributed by atoms with Gasteiger partial charge < -0.3 is 10.1 Å². The molecule has 0 aliphatic rings. The summed E-state index contributed by atoms with van der Waals surface area (Å²) in [6.45, 7) is -0.354. The SMILES string of the molecule is O=C(COC(=O)c1ccccn1)NC(Cc1ccccc1)c1ccccc1. The Morgan fingerprint density at radius 2 is 1.56 bits per heavy atom. The number of carbonyl (C=O) groups excluding carboxylic acids is 2. The molecule has 0 radical (unpaired) electrons. The molecule has 3 aromatic rings. The van der Waals surface area contributed by atoms with Crippen molar-refractivity contribution in [3.8, 4) is 0 Å². The summed E-state index contributed by atoms with van der Waals surface area (Å²) in [5.74, 6) is -0.978. The zero-order valence-electron chi connectivity index (χ0n) is 14.7. The summed E-state index contributed by atoms with van der Waals surface area (Å²) >= 11 is 0. The van der Waals surface area contributed by atoms with E-state index in [1.807, 2.05) is 60.7 Å². The van der Waals surface area contributed by atoms with Crippen molar-refractivity contribution in [2.45, 2.75) is 12.5 Å². The topological polar surface area (TPSA) is 68.3 Å². The van der Waals surface area contributed by atoms with Gasteiger partial charge in [-0.3, -0.25) is 4.79 Å². The number of benzene rings is 2. The van der Waals surface area contributed by atoms with Crippen LogP contribution in [-0.2, 0) is 16.0 Å². The molecule has 27 heavy (non-hydrogen) atoms. The fourth-order valence-corrected chi connectivity index (χ4v) is 2.71. The Hall–Kier alpha value is -3.47. The van der Waals surface area contributed by atoms with Gasteiger partial charge in [0, 0.05) is 6.20 Å². The van der Waals surface area contributed by atoms with Crippen LogP contribution in [0.3, 0.4) is 0 Å². The van der Waals surface area contributed by atoms with Crippen molar-refractivity contribution in [1.29, 1.82) is 0 Å². The molecule has 5 heteroatoms. The highest BCUT2D eigenvalue weighted by Crippen LogP contribution is 2.18. The minimum absolute atomic E-state index is 0.175.